The number of carbonyl (C=O) groups is 1. The van der Waals surface area contributed by atoms with Crippen LogP contribution >= 0.6 is 0 Å². The lowest BCUT2D eigenvalue weighted by Crippen LogP contribution is -2.39. The Kier molecular flexibility index (Phi) is 6.60. The summed E-state index contributed by atoms with van der Waals surface area (Å²) in [5, 5.41) is 0. The van der Waals surface area contributed by atoms with Gasteiger partial charge in [0.1, 0.15) is 5.82 Å². The highest BCUT2D eigenvalue weighted by Crippen LogP contribution is 2.34. The van der Waals surface area contributed by atoms with Gasteiger partial charge in [-0.05, 0) is 36.0 Å². The molecule has 4 nitrogen and oxygen atoms in total. The van der Waals surface area contributed by atoms with Gasteiger partial charge in [0, 0.05) is 19.5 Å². The van der Waals surface area contributed by atoms with E-state index in [9.17, 15) is 17.6 Å². The average Bonchev–Trinajstić information content (AvgIpc) is 2.95. The van der Waals surface area contributed by atoms with Crippen molar-refractivity contribution in [2.75, 3.05) is 18.6 Å². The normalized spacial score (nSPS) is 20.6. The number of hydrogen-bond acceptors (Lipinski definition) is 3. The maximum Gasteiger partial charge on any atom is 0.223 e. The van der Waals surface area contributed by atoms with Gasteiger partial charge in [-0.3, -0.25) is 4.79 Å². The Hall–Kier alpha value is -1.43. The van der Waals surface area contributed by atoms with E-state index in [2.05, 4.69) is 13.8 Å². The van der Waals surface area contributed by atoms with Crippen LogP contribution in [0.5, 0.6) is 0 Å². The maximum atomic E-state index is 13.3. The zero-order valence-electron chi connectivity index (χ0n) is 15.2. The van der Waals surface area contributed by atoms with Crippen LogP contribution < -0.4 is 0 Å². The van der Waals surface area contributed by atoms with E-state index in [1.54, 1.807) is 24.1 Å². The van der Waals surface area contributed by atoms with E-state index in [4.69, 9.17) is 0 Å². The van der Waals surface area contributed by atoms with Gasteiger partial charge in [0.15, 0.2) is 9.84 Å². The molecule has 6 heteroatoms. The largest absolute Gasteiger partial charge is 0.342 e. The first-order chi connectivity index (χ1) is 11.8. The summed E-state index contributed by atoms with van der Waals surface area (Å²) in [6.07, 6.45) is 2.71. The molecule has 140 valence electrons. The Morgan fingerprint density at radius 3 is 2.32 bits per heavy atom. The fourth-order valence-electron chi connectivity index (χ4n) is 3.74. The summed E-state index contributed by atoms with van der Waals surface area (Å²) in [7, 11) is -1.32. The van der Waals surface area contributed by atoms with Crippen LogP contribution in [0.1, 0.15) is 51.0 Å². The summed E-state index contributed by atoms with van der Waals surface area (Å²) < 4.78 is 36.6. The zero-order valence-corrected chi connectivity index (χ0v) is 16.1. The molecule has 2 rings (SSSR count). The highest BCUT2D eigenvalue weighted by molar-refractivity contribution is 7.91. The van der Waals surface area contributed by atoms with E-state index in [1.165, 1.54) is 12.1 Å². The van der Waals surface area contributed by atoms with Crippen LogP contribution in [-0.2, 0) is 14.6 Å². The number of sulfone groups is 1. The highest BCUT2D eigenvalue weighted by atomic mass is 32.2. The number of amides is 1. The molecule has 1 aliphatic rings. The fourth-order valence-corrected chi connectivity index (χ4v) is 5.52. The van der Waals surface area contributed by atoms with E-state index in [-0.39, 0.29) is 35.2 Å². The van der Waals surface area contributed by atoms with Gasteiger partial charge in [-0.1, -0.05) is 38.8 Å². The Balaban J connectivity index is 2.15. The molecule has 1 aliphatic heterocycles. The molecule has 2 unspecified atom stereocenters. The van der Waals surface area contributed by atoms with Crippen LogP contribution in [-0.4, -0.2) is 43.8 Å². The molecule has 1 amide bonds. The lowest BCUT2D eigenvalue weighted by molar-refractivity contribution is -0.132. The molecule has 1 saturated heterocycles. The monoisotopic (exact) mass is 369 g/mol. The third kappa shape index (κ3) is 5.03. The molecule has 1 aromatic carbocycles. The van der Waals surface area contributed by atoms with Gasteiger partial charge >= 0.3 is 0 Å². The number of benzene rings is 1. The minimum absolute atomic E-state index is 0.0172. The van der Waals surface area contributed by atoms with Gasteiger partial charge < -0.3 is 4.90 Å². The van der Waals surface area contributed by atoms with E-state index >= 15 is 0 Å². The number of halogens is 1. The zero-order chi connectivity index (χ0) is 18.6. The first kappa shape index (κ1) is 19.9. The molecular formula is C19H28FNO3S. The molecule has 0 N–H and O–H groups in total. The smallest absolute Gasteiger partial charge is 0.223 e. The molecule has 1 aromatic rings. The highest BCUT2D eigenvalue weighted by Gasteiger charge is 2.34. The molecule has 0 bridgehead atoms. The van der Waals surface area contributed by atoms with Crippen molar-refractivity contribution < 1.29 is 17.6 Å². The van der Waals surface area contributed by atoms with Crippen LogP contribution in [0.4, 0.5) is 4.39 Å². The van der Waals surface area contributed by atoms with Crippen molar-refractivity contribution in [3.8, 4) is 0 Å². The van der Waals surface area contributed by atoms with Crippen LogP contribution in [0.25, 0.3) is 0 Å². The summed E-state index contributed by atoms with van der Waals surface area (Å²) >= 11 is 0. The van der Waals surface area contributed by atoms with Gasteiger partial charge in [-0.2, -0.15) is 0 Å². The number of rotatable bonds is 7. The third-order valence-electron chi connectivity index (χ3n) is 5.46. The molecule has 2 atom stereocenters. The second kappa shape index (κ2) is 8.30. The summed E-state index contributed by atoms with van der Waals surface area (Å²) in [5.74, 6) is 0.235. The van der Waals surface area contributed by atoms with Crippen molar-refractivity contribution in [2.24, 2.45) is 5.92 Å². The molecule has 1 fully saturated rings. The molecule has 25 heavy (non-hydrogen) atoms. The topological polar surface area (TPSA) is 54.5 Å². The summed E-state index contributed by atoms with van der Waals surface area (Å²) in [5.41, 5.74) is 0.968. The van der Waals surface area contributed by atoms with Crippen LogP contribution in [0.3, 0.4) is 0 Å². The van der Waals surface area contributed by atoms with E-state index in [0.29, 0.717) is 18.8 Å². The predicted octanol–water partition coefficient (Wildman–Crippen LogP) is 3.38. The second-order valence-electron chi connectivity index (χ2n) is 7.00. The average molecular weight is 370 g/mol. The minimum Gasteiger partial charge on any atom is -0.342 e. The summed E-state index contributed by atoms with van der Waals surface area (Å²) in [6.45, 7) is 4.20. The lowest BCUT2D eigenvalue weighted by Gasteiger charge is -2.29. The Bertz CT molecular complexity index is 683. The first-order valence-electron chi connectivity index (χ1n) is 8.99. The van der Waals surface area contributed by atoms with Gasteiger partial charge in [0.05, 0.1) is 11.5 Å². The molecule has 0 spiro atoms. The van der Waals surface area contributed by atoms with Crippen molar-refractivity contribution in [1.29, 1.82) is 0 Å². The maximum absolute atomic E-state index is 13.3. The molecule has 0 radical (unpaired) electrons. The number of carbonyl (C=O) groups excluding carboxylic acids is 1. The van der Waals surface area contributed by atoms with Crippen molar-refractivity contribution in [1.82, 2.24) is 4.90 Å². The SMILES string of the molecule is CCC(CC)C(CC(=O)N(C)C1CCS(=O)(=O)C1)c1ccc(F)cc1. The molecule has 1 heterocycles. The van der Waals surface area contributed by atoms with Crippen LogP contribution in [0.2, 0.25) is 0 Å². The van der Waals surface area contributed by atoms with E-state index < -0.39 is 9.84 Å². The standard InChI is InChI=1S/C19H28FNO3S/c1-4-14(5-2)18(15-6-8-16(20)9-7-15)12-19(22)21(3)17-10-11-25(23,24)13-17/h6-9,14,17-18H,4-5,10-13H2,1-3H3. The molecule has 0 saturated carbocycles. The Morgan fingerprint density at radius 2 is 1.84 bits per heavy atom. The number of hydrogen-bond donors (Lipinski definition) is 0. The van der Waals surface area contributed by atoms with Crippen molar-refractivity contribution in [2.45, 2.75) is 51.5 Å². The van der Waals surface area contributed by atoms with Gasteiger partial charge in [0.25, 0.3) is 0 Å². The van der Waals surface area contributed by atoms with Crippen molar-refractivity contribution in [3.63, 3.8) is 0 Å². The summed E-state index contributed by atoms with van der Waals surface area (Å²) in [6, 6.07) is 6.15. The second-order valence-corrected chi connectivity index (χ2v) is 9.23. The van der Waals surface area contributed by atoms with Gasteiger partial charge in [-0.25, -0.2) is 12.8 Å². The molecular weight excluding hydrogens is 341 g/mol. The van der Waals surface area contributed by atoms with E-state index in [0.717, 1.165) is 18.4 Å². The lowest BCUT2D eigenvalue weighted by atomic mass is 9.80. The molecule has 0 aliphatic carbocycles. The quantitative estimate of drug-likeness (QED) is 0.740. The Morgan fingerprint density at radius 1 is 1.24 bits per heavy atom. The first-order valence-corrected chi connectivity index (χ1v) is 10.8. The van der Waals surface area contributed by atoms with Gasteiger partial charge in [0.2, 0.25) is 5.91 Å². The van der Waals surface area contributed by atoms with Gasteiger partial charge in [-0.15, -0.1) is 0 Å². The van der Waals surface area contributed by atoms with Crippen LogP contribution in [0, 0.1) is 11.7 Å². The van der Waals surface area contributed by atoms with Crippen molar-refractivity contribution >= 4 is 15.7 Å². The third-order valence-corrected chi connectivity index (χ3v) is 7.21. The minimum atomic E-state index is -3.02. The predicted molar refractivity (Wildman–Crippen MR) is 97.7 cm³/mol. The fraction of sp³-hybridized carbons (Fsp3) is 0.632. The van der Waals surface area contributed by atoms with E-state index in [1.807, 2.05) is 0 Å². The Labute approximate surface area is 150 Å². The number of nitrogens with zero attached hydrogens (tertiary/aromatic N) is 1. The summed E-state index contributed by atoms with van der Waals surface area (Å²) in [4.78, 5) is 14.4. The van der Waals surface area contributed by atoms with Crippen molar-refractivity contribution in [3.05, 3.63) is 35.6 Å². The molecule has 0 aromatic heterocycles. The van der Waals surface area contributed by atoms with Crippen LogP contribution in [0.15, 0.2) is 24.3 Å².